The van der Waals surface area contributed by atoms with Crippen LogP contribution in [0.4, 0.5) is 14.5 Å². The van der Waals surface area contributed by atoms with Gasteiger partial charge in [-0.2, -0.15) is 0 Å². The summed E-state index contributed by atoms with van der Waals surface area (Å²) in [6.45, 7) is 21.3. The minimum Gasteiger partial charge on any atom is -0.355 e. The monoisotopic (exact) mass is 457 g/mol. The van der Waals surface area contributed by atoms with Crippen LogP contribution in [0.3, 0.4) is 0 Å². The third-order valence-electron chi connectivity index (χ3n) is 3.50. The SMILES string of the molecule is C=C(C)/C(=C(\C)Nc1c(F)cc(C)cc1Cl)c1ccc(F)cc1Cl.CC.CC.CC. The van der Waals surface area contributed by atoms with E-state index in [9.17, 15) is 8.78 Å². The smallest absolute Gasteiger partial charge is 0.148 e. The lowest BCUT2D eigenvalue weighted by Gasteiger charge is -2.17. The molecule has 0 saturated carbocycles. The lowest BCUT2D eigenvalue weighted by molar-refractivity contribution is 0.628. The highest BCUT2D eigenvalue weighted by Crippen LogP contribution is 2.34. The van der Waals surface area contributed by atoms with Crippen LogP contribution in [-0.4, -0.2) is 0 Å². The van der Waals surface area contributed by atoms with Gasteiger partial charge in [-0.25, -0.2) is 8.78 Å². The highest BCUT2D eigenvalue weighted by molar-refractivity contribution is 6.33. The van der Waals surface area contributed by atoms with Crippen molar-refractivity contribution in [2.45, 2.75) is 62.3 Å². The number of benzene rings is 2. The third kappa shape index (κ3) is 8.89. The van der Waals surface area contributed by atoms with E-state index in [1.54, 1.807) is 32.9 Å². The van der Waals surface area contributed by atoms with Crippen LogP contribution >= 0.6 is 23.2 Å². The summed E-state index contributed by atoms with van der Waals surface area (Å²) in [5, 5.41) is 3.52. The maximum atomic E-state index is 14.2. The van der Waals surface area contributed by atoms with Crippen molar-refractivity contribution in [3.63, 3.8) is 0 Å². The fourth-order valence-corrected chi connectivity index (χ4v) is 3.08. The number of halogens is 4. The van der Waals surface area contributed by atoms with E-state index in [1.165, 1.54) is 18.2 Å². The molecule has 0 saturated heterocycles. The second kappa shape index (κ2) is 15.9. The van der Waals surface area contributed by atoms with E-state index < -0.39 is 11.6 Å². The van der Waals surface area contributed by atoms with E-state index in [0.717, 1.165) is 5.56 Å². The molecule has 2 aromatic carbocycles. The number of anilines is 1. The van der Waals surface area contributed by atoms with Gasteiger partial charge in [0.15, 0.2) is 0 Å². The molecule has 0 bridgehead atoms. The van der Waals surface area contributed by atoms with Crippen molar-refractivity contribution in [3.05, 3.63) is 81.0 Å². The van der Waals surface area contributed by atoms with Gasteiger partial charge in [-0.05, 0) is 62.2 Å². The molecule has 0 unspecified atom stereocenters. The van der Waals surface area contributed by atoms with Crippen molar-refractivity contribution in [2.24, 2.45) is 0 Å². The van der Waals surface area contributed by atoms with Gasteiger partial charge in [0, 0.05) is 16.8 Å². The average molecular weight is 458 g/mol. The van der Waals surface area contributed by atoms with Gasteiger partial charge in [0.1, 0.15) is 11.6 Å². The van der Waals surface area contributed by atoms with Crippen LogP contribution < -0.4 is 5.32 Å². The quantitative estimate of drug-likeness (QED) is 0.450. The van der Waals surface area contributed by atoms with Gasteiger partial charge < -0.3 is 5.32 Å². The maximum absolute atomic E-state index is 14.2. The first-order valence-corrected chi connectivity index (χ1v) is 11.0. The van der Waals surface area contributed by atoms with E-state index in [-0.39, 0.29) is 15.7 Å². The summed E-state index contributed by atoms with van der Waals surface area (Å²) in [6, 6.07) is 7.18. The zero-order valence-corrected chi connectivity index (χ0v) is 21.1. The van der Waals surface area contributed by atoms with Crippen molar-refractivity contribution in [2.75, 3.05) is 5.32 Å². The molecule has 0 radical (unpaired) electrons. The Labute approximate surface area is 191 Å². The molecule has 0 aliphatic rings. The summed E-state index contributed by atoms with van der Waals surface area (Å²) in [4.78, 5) is 0. The van der Waals surface area contributed by atoms with Crippen molar-refractivity contribution in [1.82, 2.24) is 0 Å². The first kappa shape index (κ1) is 30.4. The molecular formula is C25H35Cl2F2N. The number of hydrogen-bond donors (Lipinski definition) is 1. The average Bonchev–Trinajstić information content (AvgIpc) is 2.71. The number of aryl methyl sites for hydroxylation is 1. The third-order valence-corrected chi connectivity index (χ3v) is 4.11. The van der Waals surface area contributed by atoms with Crippen LogP contribution in [0, 0.1) is 18.6 Å². The van der Waals surface area contributed by atoms with E-state index in [4.69, 9.17) is 23.2 Å². The molecule has 0 fully saturated rings. The Morgan fingerprint density at radius 1 is 0.867 bits per heavy atom. The van der Waals surface area contributed by atoms with Crippen molar-refractivity contribution < 1.29 is 8.78 Å². The highest BCUT2D eigenvalue weighted by atomic mass is 35.5. The first-order chi connectivity index (χ1) is 14.2. The summed E-state index contributed by atoms with van der Waals surface area (Å²) in [5.74, 6) is -0.881. The van der Waals surface area contributed by atoms with Crippen molar-refractivity contribution in [1.29, 1.82) is 0 Å². The molecule has 0 aliphatic heterocycles. The van der Waals surface area contributed by atoms with Crippen LogP contribution in [0.2, 0.25) is 10.0 Å². The molecule has 30 heavy (non-hydrogen) atoms. The summed E-state index contributed by atoms with van der Waals surface area (Å²) >= 11 is 12.3. The van der Waals surface area contributed by atoms with Gasteiger partial charge in [-0.15, -0.1) is 0 Å². The fraction of sp³-hybridized carbons (Fsp3) is 0.360. The van der Waals surface area contributed by atoms with Crippen LogP contribution in [0.1, 0.15) is 66.5 Å². The fourth-order valence-electron chi connectivity index (χ4n) is 2.51. The molecule has 0 heterocycles. The zero-order valence-electron chi connectivity index (χ0n) is 19.6. The minimum absolute atomic E-state index is 0.178. The Hall–Kier alpha value is -1.84. The Morgan fingerprint density at radius 3 is 1.83 bits per heavy atom. The zero-order chi connectivity index (χ0) is 24.0. The van der Waals surface area contributed by atoms with Gasteiger partial charge >= 0.3 is 0 Å². The molecule has 0 atom stereocenters. The van der Waals surface area contributed by atoms with Crippen LogP contribution in [0.25, 0.3) is 5.57 Å². The van der Waals surface area contributed by atoms with E-state index in [1.807, 2.05) is 41.5 Å². The maximum Gasteiger partial charge on any atom is 0.148 e. The van der Waals surface area contributed by atoms with E-state index in [0.29, 0.717) is 22.4 Å². The van der Waals surface area contributed by atoms with Gasteiger partial charge in [-0.3, -0.25) is 0 Å². The number of hydrogen-bond acceptors (Lipinski definition) is 1. The molecule has 0 amide bonds. The topological polar surface area (TPSA) is 12.0 Å². The predicted octanol–water partition coefficient (Wildman–Crippen LogP) is 10.1. The number of allylic oxidation sites excluding steroid dienone is 3. The molecule has 1 nitrogen and oxygen atoms in total. The molecule has 0 spiro atoms. The minimum atomic E-state index is -0.453. The number of rotatable bonds is 4. The summed E-state index contributed by atoms with van der Waals surface area (Å²) in [5.41, 5.74) is 3.51. The molecule has 2 rings (SSSR count). The lowest BCUT2D eigenvalue weighted by Crippen LogP contribution is -2.04. The number of nitrogens with one attached hydrogen (secondary N) is 1. The van der Waals surface area contributed by atoms with Gasteiger partial charge in [0.2, 0.25) is 0 Å². The van der Waals surface area contributed by atoms with Crippen molar-refractivity contribution in [3.8, 4) is 0 Å². The molecule has 2 aromatic rings. The molecule has 1 N–H and O–H groups in total. The van der Waals surface area contributed by atoms with Gasteiger partial charge in [0.05, 0.1) is 15.7 Å². The molecule has 0 aliphatic carbocycles. The molecule has 0 aromatic heterocycles. The Kier molecular flexibility index (Phi) is 16.1. The standard InChI is InChI=1S/C19H17Cl2F2N.3C2H6/c1-10(2)18(14-6-5-13(22)9-15(14)20)12(4)24-19-16(21)7-11(3)8-17(19)23;3*1-2/h5-9,24H,1H2,2-4H3;3*1-2H3/b18-12-;;;. The van der Waals surface area contributed by atoms with E-state index >= 15 is 0 Å². The van der Waals surface area contributed by atoms with Gasteiger partial charge in [-0.1, -0.05) is 71.3 Å². The summed E-state index contributed by atoms with van der Waals surface area (Å²) < 4.78 is 27.5. The second-order valence-electron chi connectivity index (χ2n) is 5.63. The molecule has 168 valence electrons. The molecular weight excluding hydrogens is 423 g/mol. The Bertz CT molecular complexity index is 820. The predicted molar refractivity (Wildman–Crippen MR) is 133 cm³/mol. The van der Waals surface area contributed by atoms with Crippen molar-refractivity contribution >= 4 is 34.5 Å². The van der Waals surface area contributed by atoms with Gasteiger partial charge in [0.25, 0.3) is 0 Å². The second-order valence-corrected chi connectivity index (χ2v) is 6.45. The Balaban J connectivity index is 0. The van der Waals surface area contributed by atoms with Crippen LogP contribution in [-0.2, 0) is 0 Å². The largest absolute Gasteiger partial charge is 0.355 e. The normalized spacial score (nSPS) is 10.2. The Morgan fingerprint density at radius 2 is 1.40 bits per heavy atom. The first-order valence-electron chi connectivity index (χ1n) is 10.3. The van der Waals surface area contributed by atoms with Crippen LogP contribution in [0.5, 0.6) is 0 Å². The van der Waals surface area contributed by atoms with E-state index in [2.05, 4.69) is 11.9 Å². The lowest BCUT2D eigenvalue weighted by atomic mass is 9.97. The summed E-state index contributed by atoms with van der Waals surface area (Å²) in [7, 11) is 0. The van der Waals surface area contributed by atoms with Crippen LogP contribution in [0.15, 0.2) is 48.2 Å². The molecule has 5 heteroatoms. The summed E-state index contributed by atoms with van der Waals surface area (Å²) in [6.07, 6.45) is 0. The highest BCUT2D eigenvalue weighted by Gasteiger charge is 2.15.